The lowest BCUT2D eigenvalue weighted by molar-refractivity contribution is 0.254. The number of phenolic OH excluding ortho intramolecular Hbond substituents is 1. The topological polar surface area (TPSA) is 55.5 Å². The molecule has 1 aromatic carbocycles. The van der Waals surface area contributed by atoms with Crippen molar-refractivity contribution in [3.8, 4) is 11.5 Å². The zero-order valence-electron chi connectivity index (χ0n) is 9.46. The first-order chi connectivity index (χ1) is 7.49. The summed E-state index contributed by atoms with van der Waals surface area (Å²) in [4.78, 5) is 0. The van der Waals surface area contributed by atoms with E-state index in [4.69, 9.17) is 22.1 Å². The molecule has 1 heterocycles. The Morgan fingerprint density at radius 2 is 2.38 bits per heavy atom. The molecule has 2 unspecified atom stereocenters. The standard InChI is InChI=1S/C12H16ClNO2/c1-6(14)3-8-5-9-4-7(2)16-12(9)10(13)11(8)15/h5-7,15H,3-4,14H2,1-2H3. The van der Waals surface area contributed by atoms with Gasteiger partial charge in [-0.25, -0.2) is 0 Å². The summed E-state index contributed by atoms with van der Waals surface area (Å²) >= 11 is 6.08. The first-order valence-electron chi connectivity index (χ1n) is 5.44. The molecule has 2 rings (SSSR count). The first-order valence-corrected chi connectivity index (χ1v) is 5.82. The van der Waals surface area contributed by atoms with Crippen molar-refractivity contribution in [2.75, 3.05) is 0 Å². The largest absolute Gasteiger partial charge is 0.506 e. The average molecular weight is 242 g/mol. The summed E-state index contributed by atoms with van der Waals surface area (Å²) in [5, 5.41) is 10.2. The summed E-state index contributed by atoms with van der Waals surface area (Å²) in [5.74, 6) is 0.729. The molecule has 0 fully saturated rings. The monoisotopic (exact) mass is 241 g/mol. The van der Waals surface area contributed by atoms with Gasteiger partial charge in [-0.05, 0) is 37.5 Å². The molecule has 3 nitrogen and oxygen atoms in total. The smallest absolute Gasteiger partial charge is 0.145 e. The molecular formula is C12H16ClNO2. The molecule has 0 saturated heterocycles. The summed E-state index contributed by atoms with van der Waals surface area (Å²) in [7, 11) is 0. The van der Waals surface area contributed by atoms with Crippen LogP contribution in [0.15, 0.2) is 6.07 Å². The summed E-state index contributed by atoms with van der Waals surface area (Å²) in [6, 6.07) is 1.95. The van der Waals surface area contributed by atoms with Gasteiger partial charge >= 0.3 is 0 Å². The van der Waals surface area contributed by atoms with Crippen LogP contribution in [0.2, 0.25) is 5.02 Å². The predicted octanol–water partition coefficient (Wildman–Crippen LogP) is 2.26. The molecule has 3 N–H and O–H groups in total. The van der Waals surface area contributed by atoms with Gasteiger partial charge in [0.15, 0.2) is 0 Å². The highest BCUT2D eigenvalue weighted by atomic mass is 35.5. The highest BCUT2D eigenvalue weighted by molar-refractivity contribution is 6.33. The molecule has 0 saturated carbocycles. The molecule has 0 aromatic heterocycles. The number of ether oxygens (including phenoxy) is 1. The molecule has 16 heavy (non-hydrogen) atoms. The lowest BCUT2D eigenvalue weighted by atomic mass is 10.0. The fraction of sp³-hybridized carbons (Fsp3) is 0.500. The number of hydrogen-bond donors (Lipinski definition) is 2. The third kappa shape index (κ3) is 1.97. The highest BCUT2D eigenvalue weighted by Crippen LogP contribution is 2.43. The number of phenols is 1. The Kier molecular flexibility index (Phi) is 3.00. The molecule has 88 valence electrons. The third-order valence-corrected chi connectivity index (χ3v) is 3.07. The first kappa shape index (κ1) is 11.6. The lowest BCUT2D eigenvalue weighted by Gasteiger charge is -2.12. The Balaban J connectivity index is 2.43. The van der Waals surface area contributed by atoms with E-state index in [9.17, 15) is 5.11 Å². The Morgan fingerprint density at radius 1 is 1.69 bits per heavy atom. The predicted molar refractivity (Wildman–Crippen MR) is 64.3 cm³/mol. The van der Waals surface area contributed by atoms with Crippen LogP contribution in [0, 0.1) is 0 Å². The van der Waals surface area contributed by atoms with E-state index in [-0.39, 0.29) is 17.9 Å². The van der Waals surface area contributed by atoms with E-state index in [1.165, 1.54) is 0 Å². The van der Waals surface area contributed by atoms with Crippen molar-refractivity contribution in [1.82, 2.24) is 0 Å². The van der Waals surface area contributed by atoms with E-state index in [0.717, 1.165) is 17.5 Å². The number of fused-ring (bicyclic) bond motifs is 1. The third-order valence-electron chi connectivity index (χ3n) is 2.72. The van der Waals surface area contributed by atoms with Crippen LogP contribution >= 0.6 is 11.6 Å². The Bertz CT molecular complexity index is 418. The van der Waals surface area contributed by atoms with E-state index in [0.29, 0.717) is 17.2 Å². The number of halogens is 1. The van der Waals surface area contributed by atoms with Crippen LogP contribution in [-0.2, 0) is 12.8 Å². The number of hydrogen-bond acceptors (Lipinski definition) is 3. The van der Waals surface area contributed by atoms with E-state index in [2.05, 4.69) is 0 Å². The van der Waals surface area contributed by atoms with Crippen molar-refractivity contribution in [2.45, 2.75) is 38.8 Å². The van der Waals surface area contributed by atoms with Gasteiger partial charge < -0.3 is 15.6 Å². The van der Waals surface area contributed by atoms with Gasteiger partial charge in [0.2, 0.25) is 0 Å². The van der Waals surface area contributed by atoms with Gasteiger partial charge in [0.05, 0.1) is 0 Å². The molecule has 1 aliphatic heterocycles. The second-order valence-electron chi connectivity index (χ2n) is 4.50. The minimum atomic E-state index is -0.000221. The van der Waals surface area contributed by atoms with Crippen LogP contribution in [0.1, 0.15) is 25.0 Å². The Morgan fingerprint density at radius 3 is 3.00 bits per heavy atom. The average Bonchev–Trinajstić information content (AvgIpc) is 2.54. The van der Waals surface area contributed by atoms with Gasteiger partial charge in [-0.1, -0.05) is 11.6 Å². The van der Waals surface area contributed by atoms with E-state index in [1.54, 1.807) is 0 Å². The van der Waals surface area contributed by atoms with Crippen LogP contribution in [-0.4, -0.2) is 17.3 Å². The summed E-state index contributed by atoms with van der Waals surface area (Å²) in [5.41, 5.74) is 7.59. The molecule has 1 aliphatic rings. The van der Waals surface area contributed by atoms with Gasteiger partial charge in [-0.2, -0.15) is 0 Å². The second kappa shape index (κ2) is 4.15. The summed E-state index contributed by atoms with van der Waals surface area (Å²) in [6.45, 7) is 3.89. The molecule has 0 spiro atoms. The van der Waals surface area contributed by atoms with Gasteiger partial charge in [0.25, 0.3) is 0 Å². The fourth-order valence-corrected chi connectivity index (χ4v) is 2.36. The maximum absolute atomic E-state index is 9.93. The fourth-order valence-electron chi connectivity index (χ4n) is 2.07. The number of nitrogens with two attached hydrogens (primary N) is 1. The number of rotatable bonds is 2. The maximum atomic E-state index is 9.93. The van der Waals surface area contributed by atoms with Crippen molar-refractivity contribution >= 4 is 11.6 Å². The van der Waals surface area contributed by atoms with Crippen molar-refractivity contribution in [3.63, 3.8) is 0 Å². The van der Waals surface area contributed by atoms with Crippen molar-refractivity contribution < 1.29 is 9.84 Å². The molecule has 0 radical (unpaired) electrons. The van der Waals surface area contributed by atoms with Gasteiger partial charge in [0.1, 0.15) is 22.6 Å². The quantitative estimate of drug-likeness (QED) is 0.835. The zero-order chi connectivity index (χ0) is 11.9. The van der Waals surface area contributed by atoms with E-state index < -0.39 is 0 Å². The summed E-state index contributed by atoms with van der Waals surface area (Å²) in [6.07, 6.45) is 1.58. The molecule has 1 aromatic rings. The van der Waals surface area contributed by atoms with Crippen LogP contribution in [0.25, 0.3) is 0 Å². The van der Waals surface area contributed by atoms with Crippen LogP contribution in [0.5, 0.6) is 11.5 Å². The van der Waals surface area contributed by atoms with Gasteiger partial charge in [-0.3, -0.25) is 0 Å². The van der Waals surface area contributed by atoms with Crippen LogP contribution in [0.4, 0.5) is 0 Å². The number of benzene rings is 1. The molecular weight excluding hydrogens is 226 g/mol. The number of aromatic hydroxyl groups is 1. The minimum absolute atomic E-state index is 0.000221. The van der Waals surface area contributed by atoms with Crippen LogP contribution < -0.4 is 10.5 Å². The lowest BCUT2D eigenvalue weighted by Crippen LogP contribution is -2.17. The van der Waals surface area contributed by atoms with Crippen molar-refractivity contribution in [3.05, 3.63) is 22.2 Å². The molecule has 0 amide bonds. The SMILES string of the molecule is CC(N)Cc1cc2c(c(Cl)c1O)OC(C)C2. The molecule has 4 heteroatoms. The molecule has 0 aliphatic carbocycles. The van der Waals surface area contributed by atoms with E-state index >= 15 is 0 Å². The van der Waals surface area contributed by atoms with E-state index in [1.807, 2.05) is 19.9 Å². The highest BCUT2D eigenvalue weighted by Gasteiger charge is 2.25. The zero-order valence-corrected chi connectivity index (χ0v) is 10.2. The maximum Gasteiger partial charge on any atom is 0.145 e. The second-order valence-corrected chi connectivity index (χ2v) is 4.88. The molecule has 0 bridgehead atoms. The summed E-state index contributed by atoms with van der Waals surface area (Å²) < 4.78 is 5.56. The normalized spacial score (nSPS) is 20.4. The van der Waals surface area contributed by atoms with Crippen molar-refractivity contribution in [1.29, 1.82) is 0 Å². The van der Waals surface area contributed by atoms with Crippen LogP contribution in [0.3, 0.4) is 0 Å². The van der Waals surface area contributed by atoms with Gasteiger partial charge in [-0.15, -0.1) is 0 Å². The Labute approximate surface area is 100 Å². The molecule has 2 atom stereocenters. The Hall–Kier alpha value is -0.930. The minimum Gasteiger partial charge on any atom is -0.506 e. The van der Waals surface area contributed by atoms with Crippen molar-refractivity contribution in [2.24, 2.45) is 5.73 Å². The van der Waals surface area contributed by atoms with Gasteiger partial charge in [0, 0.05) is 12.5 Å².